The Balaban J connectivity index is 1.85. The lowest BCUT2D eigenvalue weighted by molar-refractivity contribution is 0.498. The Kier molecular flexibility index (Phi) is 4.94. The van der Waals surface area contributed by atoms with E-state index in [0.29, 0.717) is 0 Å². The summed E-state index contributed by atoms with van der Waals surface area (Å²) in [6.07, 6.45) is 3.29. The van der Waals surface area contributed by atoms with Crippen LogP contribution in [0.25, 0.3) is 0 Å². The Bertz CT molecular complexity index is 439. The van der Waals surface area contributed by atoms with Gasteiger partial charge >= 0.3 is 0 Å². The zero-order valence-electron chi connectivity index (χ0n) is 10.5. The molecule has 0 unspecified atom stereocenters. The number of nitrogens with one attached hydrogen (secondary N) is 1. The van der Waals surface area contributed by atoms with Crippen LogP contribution in [0, 0.1) is 0 Å². The highest BCUT2D eigenvalue weighted by molar-refractivity contribution is 5.19. The molecule has 0 aromatic heterocycles. The zero-order valence-corrected chi connectivity index (χ0v) is 10.5. The van der Waals surface area contributed by atoms with E-state index in [4.69, 9.17) is 5.84 Å². The smallest absolute Gasteiger partial charge is 0.0460 e. The molecule has 2 nitrogen and oxygen atoms in total. The molecule has 2 heteroatoms. The highest BCUT2D eigenvalue weighted by Crippen LogP contribution is 2.18. The predicted molar refractivity (Wildman–Crippen MR) is 75.9 cm³/mol. The molecule has 0 aliphatic heterocycles. The van der Waals surface area contributed by atoms with Gasteiger partial charge in [0.1, 0.15) is 0 Å². The molecule has 0 fully saturated rings. The van der Waals surface area contributed by atoms with Gasteiger partial charge in [0.25, 0.3) is 0 Å². The van der Waals surface area contributed by atoms with E-state index in [9.17, 15) is 0 Å². The minimum atomic E-state index is 0.245. The summed E-state index contributed by atoms with van der Waals surface area (Å²) in [5, 5.41) is 0. The Hall–Kier alpha value is -1.64. The molecule has 0 saturated heterocycles. The summed E-state index contributed by atoms with van der Waals surface area (Å²) < 4.78 is 0. The van der Waals surface area contributed by atoms with Crippen molar-refractivity contribution in [2.24, 2.45) is 5.84 Å². The molecule has 2 aromatic rings. The van der Waals surface area contributed by atoms with E-state index in [1.807, 2.05) is 6.07 Å². The van der Waals surface area contributed by atoms with Gasteiger partial charge in [0.05, 0.1) is 0 Å². The van der Waals surface area contributed by atoms with Crippen LogP contribution in [-0.2, 0) is 6.42 Å². The van der Waals surface area contributed by atoms with Crippen molar-refractivity contribution in [1.29, 1.82) is 0 Å². The molecule has 0 aliphatic rings. The third-order valence-electron chi connectivity index (χ3n) is 3.20. The summed E-state index contributed by atoms with van der Waals surface area (Å²) in [7, 11) is 0. The van der Waals surface area contributed by atoms with Crippen LogP contribution in [-0.4, -0.2) is 0 Å². The van der Waals surface area contributed by atoms with E-state index in [1.54, 1.807) is 0 Å². The topological polar surface area (TPSA) is 38.0 Å². The van der Waals surface area contributed by atoms with Gasteiger partial charge in [-0.25, -0.2) is 0 Å². The first-order valence-electron chi connectivity index (χ1n) is 6.45. The Labute approximate surface area is 109 Å². The van der Waals surface area contributed by atoms with Crippen molar-refractivity contribution in [3.63, 3.8) is 0 Å². The first-order chi connectivity index (χ1) is 8.90. The van der Waals surface area contributed by atoms with Crippen LogP contribution in [0.4, 0.5) is 0 Å². The normalized spacial score (nSPS) is 12.3. The molecule has 1 atom stereocenters. The van der Waals surface area contributed by atoms with Gasteiger partial charge in [-0.1, -0.05) is 60.7 Å². The fourth-order valence-corrected chi connectivity index (χ4v) is 2.19. The van der Waals surface area contributed by atoms with E-state index in [0.717, 1.165) is 19.3 Å². The Morgan fingerprint density at radius 2 is 1.50 bits per heavy atom. The number of rotatable bonds is 6. The standard InChI is InChI=1S/C16H20N2/c17-18-16(15-11-5-2-6-12-15)13-7-10-14-8-3-1-4-9-14/h1-6,8-9,11-12,16,18H,7,10,13,17H2/t16-/m0/s1. The van der Waals surface area contributed by atoms with Crippen molar-refractivity contribution in [2.75, 3.05) is 0 Å². The van der Waals surface area contributed by atoms with Crippen LogP contribution >= 0.6 is 0 Å². The summed E-state index contributed by atoms with van der Waals surface area (Å²) >= 11 is 0. The van der Waals surface area contributed by atoms with E-state index in [2.05, 4.69) is 60.0 Å². The van der Waals surface area contributed by atoms with Gasteiger partial charge in [-0.05, 0) is 30.4 Å². The Morgan fingerprint density at radius 1 is 0.889 bits per heavy atom. The molecular weight excluding hydrogens is 220 g/mol. The monoisotopic (exact) mass is 240 g/mol. The number of hydrazine groups is 1. The van der Waals surface area contributed by atoms with Crippen molar-refractivity contribution in [3.8, 4) is 0 Å². The number of hydrogen-bond acceptors (Lipinski definition) is 2. The fraction of sp³-hybridized carbons (Fsp3) is 0.250. The lowest BCUT2D eigenvalue weighted by atomic mass is 10.00. The molecule has 0 aliphatic carbocycles. The molecule has 94 valence electrons. The van der Waals surface area contributed by atoms with Gasteiger partial charge in [-0.15, -0.1) is 0 Å². The lowest BCUT2D eigenvalue weighted by Gasteiger charge is -2.16. The molecule has 0 radical (unpaired) electrons. The molecule has 0 saturated carbocycles. The van der Waals surface area contributed by atoms with Crippen LogP contribution < -0.4 is 11.3 Å². The summed E-state index contributed by atoms with van der Waals surface area (Å²) in [5.41, 5.74) is 5.55. The lowest BCUT2D eigenvalue weighted by Crippen LogP contribution is -2.28. The van der Waals surface area contributed by atoms with E-state index < -0.39 is 0 Å². The second kappa shape index (κ2) is 6.94. The molecule has 0 spiro atoms. The second-order valence-corrected chi connectivity index (χ2v) is 4.51. The minimum Gasteiger partial charge on any atom is -0.271 e. The van der Waals surface area contributed by atoms with Gasteiger partial charge in [0.2, 0.25) is 0 Å². The quantitative estimate of drug-likeness (QED) is 0.601. The zero-order chi connectivity index (χ0) is 12.6. The average molecular weight is 240 g/mol. The van der Waals surface area contributed by atoms with Gasteiger partial charge < -0.3 is 0 Å². The summed E-state index contributed by atoms with van der Waals surface area (Å²) in [6.45, 7) is 0. The number of nitrogens with two attached hydrogens (primary N) is 1. The fourth-order valence-electron chi connectivity index (χ4n) is 2.19. The number of hydrogen-bond donors (Lipinski definition) is 2. The molecule has 2 rings (SSSR count). The first kappa shape index (κ1) is 12.8. The molecular formula is C16H20N2. The number of aryl methyl sites for hydroxylation is 1. The second-order valence-electron chi connectivity index (χ2n) is 4.51. The molecule has 18 heavy (non-hydrogen) atoms. The van der Waals surface area contributed by atoms with Crippen molar-refractivity contribution in [1.82, 2.24) is 5.43 Å². The van der Waals surface area contributed by atoms with Crippen molar-refractivity contribution < 1.29 is 0 Å². The third kappa shape index (κ3) is 3.69. The Morgan fingerprint density at radius 3 is 2.11 bits per heavy atom. The number of benzene rings is 2. The maximum atomic E-state index is 5.63. The summed E-state index contributed by atoms with van der Waals surface area (Å²) in [5.74, 6) is 5.63. The van der Waals surface area contributed by atoms with E-state index >= 15 is 0 Å². The minimum absolute atomic E-state index is 0.245. The van der Waals surface area contributed by atoms with Gasteiger partial charge in [0, 0.05) is 6.04 Å². The molecule has 0 heterocycles. The first-order valence-corrected chi connectivity index (χ1v) is 6.45. The summed E-state index contributed by atoms with van der Waals surface area (Å²) in [6, 6.07) is 21.2. The van der Waals surface area contributed by atoms with Crippen LogP contribution in [0.5, 0.6) is 0 Å². The third-order valence-corrected chi connectivity index (χ3v) is 3.20. The largest absolute Gasteiger partial charge is 0.271 e. The van der Waals surface area contributed by atoms with Crippen molar-refractivity contribution in [3.05, 3.63) is 71.8 Å². The molecule has 0 bridgehead atoms. The van der Waals surface area contributed by atoms with Crippen LogP contribution in [0.3, 0.4) is 0 Å². The average Bonchev–Trinajstić information content (AvgIpc) is 2.46. The van der Waals surface area contributed by atoms with Gasteiger partial charge in [-0.3, -0.25) is 11.3 Å². The molecule has 2 aromatic carbocycles. The highest BCUT2D eigenvalue weighted by Gasteiger charge is 2.08. The van der Waals surface area contributed by atoms with Crippen molar-refractivity contribution in [2.45, 2.75) is 25.3 Å². The van der Waals surface area contributed by atoms with Crippen LogP contribution in [0.2, 0.25) is 0 Å². The SMILES string of the molecule is NN[C@@H](CCCc1ccccc1)c1ccccc1. The highest BCUT2D eigenvalue weighted by atomic mass is 15.2. The maximum absolute atomic E-state index is 5.63. The van der Waals surface area contributed by atoms with Crippen LogP contribution in [0.15, 0.2) is 60.7 Å². The predicted octanol–water partition coefficient (Wildman–Crippen LogP) is 3.21. The molecule has 0 amide bonds. The summed E-state index contributed by atoms with van der Waals surface area (Å²) in [4.78, 5) is 0. The van der Waals surface area contributed by atoms with Crippen LogP contribution in [0.1, 0.15) is 30.0 Å². The molecule has 3 N–H and O–H groups in total. The van der Waals surface area contributed by atoms with E-state index in [1.165, 1.54) is 11.1 Å². The maximum Gasteiger partial charge on any atom is 0.0460 e. The van der Waals surface area contributed by atoms with Gasteiger partial charge in [0.15, 0.2) is 0 Å². The van der Waals surface area contributed by atoms with E-state index in [-0.39, 0.29) is 6.04 Å². The van der Waals surface area contributed by atoms with Gasteiger partial charge in [-0.2, -0.15) is 0 Å². The van der Waals surface area contributed by atoms with Crippen molar-refractivity contribution >= 4 is 0 Å².